The van der Waals surface area contributed by atoms with E-state index in [0.717, 1.165) is 40.8 Å². The van der Waals surface area contributed by atoms with E-state index in [1.807, 2.05) is 42.2 Å². The van der Waals surface area contributed by atoms with Crippen molar-refractivity contribution in [3.8, 4) is 0 Å². The zero-order chi connectivity index (χ0) is 17.1. The minimum Gasteiger partial charge on any atom is -0.322 e. The lowest BCUT2D eigenvalue weighted by molar-refractivity contribution is -0.118. The highest BCUT2D eigenvalue weighted by Gasteiger charge is 2.21. The van der Waals surface area contributed by atoms with Crippen LogP contribution in [0.5, 0.6) is 0 Å². The molecular weight excluding hydrogens is 368 g/mol. The molecule has 4 nitrogen and oxygen atoms in total. The number of hydrogen-bond donors (Lipinski definition) is 1. The second kappa shape index (κ2) is 7.18. The molecule has 0 spiro atoms. The van der Waals surface area contributed by atoms with Crippen molar-refractivity contribution in [2.24, 2.45) is 0 Å². The van der Waals surface area contributed by atoms with Crippen LogP contribution < -0.4 is 10.2 Å². The standard InChI is InChI=1S/C19H19BrN2O2/c1-2-18(23)22-10-4-6-13-12-16(8-9-17(13)22)21-19(24)14-5-3-7-15(20)11-14/h3,5,7-9,11-12H,2,4,6,10H2,1H3,(H,21,24). The fraction of sp³-hybridized carbons (Fsp3) is 0.263. The van der Waals surface area contributed by atoms with Gasteiger partial charge >= 0.3 is 0 Å². The number of nitrogens with zero attached hydrogens (tertiary/aromatic N) is 1. The Bertz CT molecular complexity index is 789. The first-order valence-electron chi connectivity index (χ1n) is 8.08. The van der Waals surface area contributed by atoms with Crippen LogP contribution in [0, 0.1) is 0 Å². The number of benzene rings is 2. The Balaban J connectivity index is 1.81. The Kier molecular flexibility index (Phi) is 5.00. The molecule has 2 aromatic carbocycles. The van der Waals surface area contributed by atoms with E-state index in [1.54, 1.807) is 12.1 Å². The first-order valence-corrected chi connectivity index (χ1v) is 8.88. The second-order valence-corrected chi connectivity index (χ2v) is 6.73. The maximum absolute atomic E-state index is 12.4. The van der Waals surface area contributed by atoms with Gasteiger partial charge in [0, 0.05) is 34.4 Å². The summed E-state index contributed by atoms with van der Waals surface area (Å²) in [7, 11) is 0. The molecule has 1 aliphatic heterocycles. The Morgan fingerprint density at radius 1 is 1.21 bits per heavy atom. The van der Waals surface area contributed by atoms with Gasteiger partial charge in [0.2, 0.25) is 5.91 Å². The summed E-state index contributed by atoms with van der Waals surface area (Å²) in [6.45, 7) is 2.65. The fourth-order valence-electron chi connectivity index (χ4n) is 2.96. The minimum absolute atomic E-state index is 0.141. The van der Waals surface area contributed by atoms with Crippen molar-refractivity contribution in [3.05, 3.63) is 58.1 Å². The fourth-order valence-corrected chi connectivity index (χ4v) is 3.36. The predicted octanol–water partition coefficient (Wildman–Crippen LogP) is 4.39. The van der Waals surface area contributed by atoms with Gasteiger partial charge in [-0.05, 0) is 54.8 Å². The van der Waals surface area contributed by atoms with Gasteiger partial charge in [-0.1, -0.05) is 28.9 Å². The average Bonchev–Trinajstić information content (AvgIpc) is 2.60. The molecule has 0 saturated heterocycles. The Morgan fingerprint density at radius 3 is 2.79 bits per heavy atom. The lowest BCUT2D eigenvalue weighted by Crippen LogP contribution is -2.34. The molecule has 0 aliphatic carbocycles. The zero-order valence-electron chi connectivity index (χ0n) is 13.5. The highest BCUT2D eigenvalue weighted by molar-refractivity contribution is 9.10. The van der Waals surface area contributed by atoms with Crippen molar-refractivity contribution >= 4 is 39.1 Å². The molecule has 5 heteroatoms. The van der Waals surface area contributed by atoms with Crippen LogP contribution in [-0.2, 0) is 11.2 Å². The van der Waals surface area contributed by atoms with E-state index in [2.05, 4.69) is 21.2 Å². The molecule has 0 radical (unpaired) electrons. The lowest BCUT2D eigenvalue weighted by atomic mass is 10.0. The molecule has 1 N–H and O–H groups in total. The molecular formula is C19H19BrN2O2. The number of fused-ring (bicyclic) bond motifs is 1. The molecule has 1 aliphatic rings. The van der Waals surface area contributed by atoms with E-state index in [1.165, 1.54) is 0 Å². The van der Waals surface area contributed by atoms with Gasteiger partial charge in [-0.15, -0.1) is 0 Å². The van der Waals surface area contributed by atoms with E-state index >= 15 is 0 Å². The maximum atomic E-state index is 12.4. The molecule has 3 rings (SSSR count). The summed E-state index contributed by atoms with van der Waals surface area (Å²) >= 11 is 3.37. The normalized spacial score (nSPS) is 13.3. The zero-order valence-corrected chi connectivity index (χ0v) is 15.1. The van der Waals surface area contributed by atoms with Gasteiger partial charge < -0.3 is 10.2 Å². The van der Waals surface area contributed by atoms with Crippen LogP contribution in [0.3, 0.4) is 0 Å². The lowest BCUT2D eigenvalue weighted by Gasteiger charge is -2.29. The summed E-state index contributed by atoms with van der Waals surface area (Å²) in [4.78, 5) is 26.3. The van der Waals surface area contributed by atoms with Gasteiger partial charge in [0.25, 0.3) is 5.91 Å². The van der Waals surface area contributed by atoms with Gasteiger partial charge in [0.1, 0.15) is 0 Å². The van der Waals surface area contributed by atoms with Crippen LogP contribution in [0.15, 0.2) is 46.9 Å². The highest BCUT2D eigenvalue weighted by atomic mass is 79.9. The third kappa shape index (κ3) is 3.51. The van der Waals surface area contributed by atoms with E-state index < -0.39 is 0 Å². The first-order chi connectivity index (χ1) is 11.6. The summed E-state index contributed by atoms with van der Waals surface area (Å²) in [5.74, 6) is -0.00424. The van der Waals surface area contributed by atoms with E-state index in [9.17, 15) is 9.59 Å². The molecule has 1 heterocycles. The smallest absolute Gasteiger partial charge is 0.255 e. The van der Waals surface area contributed by atoms with Crippen molar-refractivity contribution in [1.29, 1.82) is 0 Å². The molecule has 24 heavy (non-hydrogen) atoms. The number of halogens is 1. The van der Waals surface area contributed by atoms with E-state index in [0.29, 0.717) is 12.0 Å². The average molecular weight is 387 g/mol. The maximum Gasteiger partial charge on any atom is 0.255 e. The number of nitrogens with one attached hydrogen (secondary N) is 1. The van der Waals surface area contributed by atoms with Gasteiger partial charge in [-0.3, -0.25) is 9.59 Å². The van der Waals surface area contributed by atoms with Gasteiger partial charge in [0.05, 0.1) is 0 Å². The van der Waals surface area contributed by atoms with Crippen molar-refractivity contribution in [2.45, 2.75) is 26.2 Å². The number of amides is 2. The predicted molar refractivity (Wildman–Crippen MR) is 99.5 cm³/mol. The van der Waals surface area contributed by atoms with E-state index in [4.69, 9.17) is 0 Å². The Hall–Kier alpha value is -2.14. The molecule has 2 amide bonds. The van der Waals surface area contributed by atoms with Crippen LogP contribution in [0.4, 0.5) is 11.4 Å². The largest absolute Gasteiger partial charge is 0.322 e. The molecule has 0 aromatic heterocycles. The summed E-state index contributed by atoms with van der Waals surface area (Å²) in [6, 6.07) is 13.0. The monoisotopic (exact) mass is 386 g/mol. The second-order valence-electron chi connectivity index (χ2n) is 5.81. The first kappa shape index (κ1) is 16.7. The molecule has 2 aromatic rings. The molecule has 0 bridgehead atoms. The van der Waals surface area contributed by atoms with Crippen molar-refractivity contribution in [2.75, 3.05) is 16.8 Å². The Labute approximate surface area is 150 Å². The topological polar surface area (TPSA) is 49.4 Å². The third-order valence-electron chi connectivity index (χ3n) is 4.15. The number of carbonyl (C=O) groups is 2. The van der Waals surface area contributed by atoms with Crippen LogP contribution in [0.25, 0.3) is 0 Å². The molecule has 0 saturated carbocycles. The van der Waals surface area contributed by atoms with Gasteiger partial charge in [-0.2, -0.15) is 0 Å². The van der Waals surface area contributed by atoms with Crippen LogP contribution in [0.1, 0.15) is 35.7 Å². The quantitative estimate of drug-likeness (QED) is 0.849. The molecule has 0 unspecified atom stereocenters. The molecule has 0 fully saturated rings. The Morgan fingerprint density at radius 2 is 2.04 bits per heavy atom. The third-order valence-corrected chi connectivity index (χ3v) is 4.64. The van der Waals surface area contributed by atoms with E-state index in [-0.39, 0.29) is 11.8 Å². The number of aryl methyl sites for hydroxylation is 1. The number of carbonyl (C=O) groups excluding carboxylic acids is 2. The molecule has 124 valence electrons. The van der Waals surface area contributed by atoms with Crippen LogP contribution >= 0.6 is 15.9 Å². The van der Waals surface area contributed by atoms with Gasteiger partial charge in [-0.25, -0.2) is 0 Å². The summed E-state index contributed by atoms with van der Waals surface area (Å²) in [6.07, 6.45) is 2.37. The van der Waals surface area contributed by atoms with Crippen molar-refractivity contribution in [3.63, 3.8) is 0 Å². The summed E-state index contributed by atoms with van der Waals surface area (Å²) in [5, 5.41) is 2.93. The highest BCUT2D eigenvalue weighted by Crippen LogP contribution is 2.30. The molecule has 0 atom stereocenters. The number of anilines is 2. The summed E-state index contributed by atoms with van der Waals surface area (Å²) in [5.41, 5.74) is 3.43. The minimum atomic E-state index is -0.145. The van der Waals surface area contributed by atoms with Crippen LogP contribution in [-0.4, -0.2) is 18.4 Å². The number of hydrogen-bond acceptors (Lipinski definition) is 2. The SMILES string of the molecule is CCC(=O)N1CCCc2cc(NC(=O)c3cccc(Br)c3)ccc21. The van der Waals surface area contributed by atoms with Crippen LogP contribution in [0.2, 0.25) is 0 Å². The van der Waals surface area contributed by atoms with Crippen molar-refractivity contribution < 1.29 is 9.59 Å². The van der Waals surface area contributed by atoms with Gasteiger partial charge in [0.15, 0.2) is 0 Å². The summed E-state index contributed by atoms with van der Waals surface area (Å²) < 4.78 is 0.870. The van der Waals surface area contributed by atoms with Crippen molar-refractivity contribution in [1.82, 2.24) is 0 Å². The number of rotatable bonds is 3.